The van der Waals surface area contributed by atoms with Crippen LogP contribution in [0, 0.1) is 0 Å². The van der Waals surface area contributed by atoms with Gasteiger partial charge in [-0.3, -0.25) is 4.79 Å². The van der Waals surface area contributed by atoms with Crippen LogP contribution in [-0.4, -0.2) is 18.5 Å². The van der Waals surface area contributed by atoms with Crippen molar-refractivity contribution in [2.45, 2.75) is 6.18 Å². The topological polar surface area (TPSA) is 55.4 Å². The van der Waals surface area contributed by atoms with Crippen molar-refractivity contribution < 1.29 is 27.5 Å². The first-order valence-corrected chi connectivity index (χ1v) is 8.00. The van der Waals surface area contributed by atoms with E-state index in [9.17, 15) is 22.8 Å². The van der Waals surface area contributed by atoms with Crippen LogP contribution in [0.5, 0.6) is 0 Å². The fraction of sp³-hybridized carbons (Fsp3) is 0.125. The lowest BCUT2D eigenvalue weighted by atomic mass is 10.2. The minimum Gasteiger partial charge on any atom is -0.452 e. The smallest absolute Gasteiger partial charge is 0.416 e. The van der Waals surface area contributed by atoms with Crippen LogP contribution >= 0.6 is 34.8 Å². The van der Waals surface area contributed by atoms with Gasteiger partial charge in [-0.1, -0.05) is 34.8 Å². The summed E-state index contributed by atoms with van der Waals surface area (Å²) in [7, 11) is 0. The minimum absolute atomic E-state index is 0.0130. The van der Waals surface area contributed by atoms with Crippen LogP contribution in [0.1, 0.15) is 15.9 Å². The van der Waals surface area contributed by atoms with Crippen LogP contribution in [0.3, 0.4) is 0 Å². The second kappa shape index (κ2) is 8.16. The lowest BCUT2D eigenvalue weighted by Gasteiger charge is -2.12. The zero-order chi connectivity index (χ0) is 19.5. The summed E-state index contributed by atoms with van der Waals surface area (Å²) < 4.78 is 42.9. The molecule has 0 aliphatic heterocycles. The lowest BCUT2D eigenvalue weighted by Crippen LogP contribution is -2.21. The molecule has 0 heterocycles. The normalized spacial score (nSPS) is 11.2. The Hall–Kier alpha value is -1.96. The molecule has 2 rings (SSSR count). The van der Waals surface area contributed by atoms with Gasteiger partial charge in [0.1, 0.15) is 0 Å². The highest BCUT2D eigenvalue weighted by molar-refractivity contribution is 6.36. The number of esters is 1. The molecule has 2 aromatic carbocycles. The maximum Gasteiger partial charge on any atom is 0.416 e. The third-order valence-corrected chi connectivity index (χ3v) is 3.93. The van der Waals surface area contributed by atoms with Gasteiger partial charge in [0, 0.05) is 5.02 Å². The number of rotatable bonds is 4. The van der Waals surface area contributed by atoms with Crippen molar-refractivity contribution in [1.29, 1.82) is 0 Å². The summed E-state index contributed by atoms with van der Waals surface area (Å²) in [6.07, 6.45) is -4.60. The van der Waals surface area contributed by atoms with Gasteiger partial charge in [0.05, 0.1) is 26.9 Å². The van der Waals surface area contributed by atoms with E-state index in [1.54, 1.807) is 0 Å². The molecule has 0 spiro atoms. The van der Waals surface area contributed by atoms with Crippen molar-refractivity contribution >= 4 is 52.4 Å². The van der Waals surface area contributed by atoms with Crippen molar-refractivity contribution in [2.75, 3.05) is 11.9 Å². The van der Waals surface area contributed by atoms with Crippen molar-refractivity contribution in [2.24, 2.45) is 0 Å². The molecule has 0 unspecified atom stereocenters. The highest BCUT2D eigenvalue weighted by Gasteiger charge is 2.31. The first-order valence-electron chi connectivity index (χ1n) is 6.86. The fourth-order valence-electron chi connectivity index (χ4n) is 1.85. The maximum absolute atomic E-state index is 12.7. The van der Waals surface area contributed by atoms with Crippen molar-refractivity contribution in [1.82, 2.24) is 0 Å². The fourth-order valence-corrected chi connectivity index (χ4v) is 2.50. The van der Waals surface area contributed by atoms with Crippen LogP contribution in [-0.2, 0) is 15.7 Å². The van der Waals surface area contributed by atoms with Crippen LogP contribution in [0.2, 0.25) is 15.1 Å². The van der Waals surface area contributed by atoms with Gasteiger partial charge >= 0.3 is 12.1 Å². The number of benzene rings is 2. The third kappa shape index (κ3) is 5.27. The van der Waals surface area contributed by atoms with Crippen LogP contribution in [0.15, 0.2) is 36.4 Å². The van der Waals surface area contributed by atoms with E-state index in [-0.39, 0.29) is 21.3 Å². The summed E-state index contributed by atoms with van der Waals surface area (Å²) in [6, 6.07) is 6.50. The van der Waals surface area contributed by atoms with Crippen LogP contribution in [0.4, 0.5) is 18.9 Å². The number of alkyl halides is 3. The molecule has 10 heteroatoms. The van der Waals surface area contributed by atoms with Crippen molar-refractivity contribution in [3.05, 3.63) is 62.6 Å². The van der Waals surface area contributed by atoms with Gasteiger partial charge in [-0.2, -0.15) is 13.2 Å². The van der Waals surface area contributed by atoms with E-state index in [1.807, 2.05) is 0 Å². The molecular weight excluding hydrogens is 418 g/mol. The molecule has 2 aromatic rings. The second-order valence-corrected chi connectivity index (χ2v) is 6.19. The summed E-state index contributed by atoms with van der Waals surface area (Å²) in [5, 5.41) is 2.39. The molecule has 0 bridgehead atoms. The van der Waals surface area contributed by atoms with Gasteiger partial charge in [-0.25, -0.2) is 4.79 Å². The van der Waals surface area contributed by atoms with E-state index in [0.717, 1.165) is 12.1 Å². The highest BCUT2D eigenvalue weighted by Crippen LogP contribution is 2.33. The van der Waals surface area contributed by atoms with Gasteiger partial charge in [0.15, 0.2) is 6.61 Å². The molecule has 26 heavy (non-hydrogen) atoms. The molecule has 0 aromatic heterocycles. The summed E-state index contributed by atoms with van der Waals surface area (Å²) in [6.45, 7) is -0.746. The molecule has 1 amide bonds. The van der Waals surface area contributed by atoms with E-state index < -0.39 is 30.2 Å². The molecule has 1 N–H and O–H groups in total. The quantitative estimate of drug-likeness (QED) is 0.661. The van der Waals surface area contributed by atoms with E-state index in [0.29, 0.717) is 11.1 Å². The zero-order valence-corrected chi connectivity index (χ0v) is 14.9. The second-order valence-electron chi connectivity index (χ2n) is 4.94. The molecular formula is C16H9Cl3F3NO3. The van der Waals surface area contributed by atoms with E-state index in [2.05, 4.69) is 5.32 Å². The molecule has 0 atom stereocenters. The largest absolute Gasteiger partial charge is 0.452 e. The van der Waals surface area contributed by atoms with E-state index in [4.69, 9.17) is 39.5 Å². The third-order valence-electron chi connectivity index (χ3n) is 3.05. The summed E-state index contributed by atoms with van der Waals surface area (Å²) in [5.74, 6) is -1.76. The molecule has 0 fully saturated rings. The van der Waals surface area contributed by atoms with Crippen molar-refractivity contribution in [3.8, 4) is 0 Å². The number of halogens is 6. The molecule has 0 saturated carbocycles. The average molecular weight is 427 g/mol. The monoisotopic (exact) mass is 425 g/mol. The molecule has 4 nitrogen and oxygen atoms in total. The van der Waals surface area contributed by atoms with E-state index >= 15 is 0 Å². The number of carbonyl (C=O) groups is 2. The number of anilines is 1. The zero-order valence-electron chi connectivity index (χ0n) is 12.7. The number of hydrogen-bond acceptors (Lipinski definition) is 3. The van der Waals surface area contributed by atoms with Crippen LogP contribution in [0.25, 0.3) is 0 Å². The van der Waals surface area contributed by atoms with Gasteiger partial charge in [-0.15, -0.1) is 0 Å². The van der Waals surface area contributed by atoms with Crippen LogP contribution < -0.4 is 5.32 Å². The Morgan fingerprint density at radius 1 is 1.00 bits per heavy atom. The number of carbonyl (C=O) groups excluding carboxylic acids is 2. The predicted molar refractivity (Wildman–Crippen MR) is 91.8 cm³/mol. The van der Waals surface area contributed by atoms with E-state index in [1.165, 1.54) is 18.2 Å². The minimum atomic E-state index is -4.60. The molecule has 0 aliphatic rings. The van der Waals surface area contributed by atoms with Crippen molar-refractivity contribution in [3.63, 3.8) is 0 Å². The molecule has 138 valence electrons. The molecule has 0 saturated heterocycles. The van der Waals surface area contributed by atoms with Gasteiger partial charge in [0.2, 0.25) is 0 Å². The summed E-state index contributed by atoms with van der Waals surface area (Å²) >= 11 is 17.3. The average Bonchev–Trinajstić information content (AvgIpc) is 2.53. The van der Waals surface area contributed by atoms with Gasteiger partial charge < -0.3 is 10.1 Å². The SMILES string of the molecule is O=C(COC(=O)c1ccc(Cl)cc1Cl)Nc1cc(C(F)(F)F)ccc1Cl. The first kappa shape index (κ1) is 20.4. The highest BCUT2D eigenvalue weighted by atomic mass is 35.5. The summed E-state index contributed by atoms with van der Waals surface area (Å²) in [5.41, 5.74) is -1.25. The van der Waals surface area contributed by atoms with Gasteiger partial charge in [-0.05, 0) is 36.4 Å². The Bertz CT molecular complexity index is 856. The maximum atomic E-state index is 12.7. The molecule has 0 radical (unpaired) electrons. The first-order chi connectivity index (χ1) is 12.1. The summed E-state index contributed by atoms with van der Waals surface area (Å²) in [4.78, 5) is 23.7. The number of nitrogens with one attached hydrogen (secondary N) is 1. The van der Waals surface area contributed by atoms with Gasteiger partial charge in [0.25, 0.3) is 5.91 Å². The number of hydrogen-bond donors (Lipinski definition) is 1. The number of ether oxygens (including phenoxy) is 1. The Morgan fingerprint density at radius 2 is 1.69 bits per heavy atom. The molecule has 0 aliphatic carbocycles. The predicted octanol–water partition coefficient (Wildman–Crippen LogP) is 5.46. The Labute approximate surface area is 160 Å². The number of amides is 1. The Morgan fingerprint density at radius 3 is 2.31 bits per heavy atom. The lowest BCUT2D eigenvalue weighted by molar-refractivity contribution is -0.137. The Balaban J connectivity index is 2.02. The Kier molecular flexibility index (Phi) is 6.39. The standard InChI is InChI=1S/C16H9Cl3F3NO3/c17-9-2-3-10(12(19)6-9)15(25)26-7-14(24)23-13-5-8(16(20,21)22)1-4-11(13)18/h1-6H,7H2,(H,23,24).